The van der Waals surface area contributed by atoms with Gasteiger partial charge in [-0.05, 0) is 109 Å². The van der Waals surface area contributed by atoms with Crippen LogP contribution in [0.25, 0.3) is 86.2 Å². The van der Waals surface area contributed by atoms with Crippen molar-refractivity contribution in [2.24, 2.45) is 0 Å². The summed E-state index contributed by atoms with van der Waals surface area (Å²) in [6, 6.07) is 58.8. The van der Waals surface area contributed by atoms with Crippen LogP contribution in [-0.2, 0) is 5.41 Å². The summed E-state index contributed by atoms with van der Waals surface area (Å²) in [7, 11) is 0. The van der Waals surface area contributed by atoms with Gasteiger partial charge in [-0.2, -0.15) is 0 Å². The molecule has 268 valence electrons. The van der Waals surface area contributed by atoms with Crippen LogP contribution >= 0.6 is 11.3 Å². The third-order valence-electron chi connectivity index (χ3n) is 12.7. The largest absolute Gasteiger partial charge is 0.454 e. The minimum absolute atomic E-state index is 0.0148. The van der Waals surface area contributed by atoms with Crippen molar-refractivity contribution in [2.45, 2.75) is 26.2 Å². The lowest BCUT2D eigenvalue weighted by Crippen LogP contribution is -2.57. The molecular formula is C52H35BN2OS. The fraction of sp³-hybridized carbons (Fsp3) is 0.0769. The van der Waals surface area contributed by atoms with Crippen LogP contribution in [0.2, 0.25) is 0 Å². The summed E-state index contributed by atoms with van der Waals surface area (Å²) in [6.45, 7) is 6.82. The van der Waals surface area contributed by atoms with E-state index in [1.54, 1.807) is 0 Å². The van der Waals surface area contributed by atoms with E-state index in [4.69, 9.17) is 4.42 Å². The summed E-state index contributed by atoms with van der Waals surface area (Å²) < 4.78 is 12.1. The number of rotatable bonds is 2. The number of hydrogen-bond donors (Lipinski definition) is 0. The van der Waals surface area contributed by atoms with Gasteiger partial charge in [0.2, 0.25) is 0 Å². The molecule has 0 fully saturated rings. The average molecular weight is 747 g/mol. The maximum absolute atomic E-state index is 6.85. The molecule has 0 N–H and O–H groups in total. The maximum atomic E-state index is 6.85. The van der Waals surface area contributed by atoms with Crippen LogP contribution in [0.5, 0.6) is 0 Å². The van der Waals surface area contributed by atoms with E-state index in [9.17, 15) is 0 Å². The third-order valence-corrected chi connectivity index (χ3v) is 13.8. The van der Waals surface area contributed by atoms with Crippen LogP contribution in [0.1, 0.15) is 26.3 Å². The standard InChI is InChI=1S/C52H35BN2OS/c1-52(2,3)32-24-25-39(38(29-32)30-14-5-4-6-15-30)54-40-26-27-44-46(35-19-10-12-23-43(35)57-44)47(40)53-48-41(54)28-31-16-7-8-17-33(31)45(48)36-20-13-21-37-49(36)55(53)50-34-18-9-11-22-42(34)56-51(37)50/h4-29H,1-3H3. The van der Waals surface area contributed by atoms with Crippen LogP contribution in [-0.4, -0.2) is 11.3 Å². The first kappa shape index (κ1) is 31.6. The zero-order valence-electron chi connectivity index (χ0n) is 31.8. The molecule has 57 heavy (non-hydrogen) atoms. The molecule has 0 amide bonds. The molecular weight excluding hydrogens is 711 g/mol. The van der Waals surface area contributed by atoms with E-state index in [1.165, 1.54) is 97.8 Å². The quantitative estimate of drug-likeness (QED) is 0.164. The molecule has 8 aromatic carbocycles. The fourth-order valence-corrected chi connectivity index (χ4v) is 11.4. The average Bonchev–Trinajstić information content (AvgIpc) is 3.91. The van der Waals surface area contributed by atoms with Gasteiger partial charge in [0.25, 0.3) is 0 Å². The van der Waals surface area contributed by atoms with Crippen molar-refractivity contribution in [3.63, 3.8) is 0 Å². The van der Waals surface area contributed by atoms with E-state index in [2.05, 4.69) is 188 Å². The maximum Gasteiger partial charge on any atom is 0.333 e. The first-order chi connectivity index (χ1) is 27.9. The molecule has 2 aliphatic rings. The van der Waals surface area contributed by atoms with E-state index in [0.29, 0.717) is 0 Å². The number of thiophene rings is 1. The topological polar surface area (TPSA) is 21.3 Å². The van der Waals surface area contributed by atoms with Crippen molar-refractivity contribution >= 4 is 110 Å². The number of aromatic nitrogens is 1. The lowest BCUT2D eigenvalue weighted by molar-refractivity contribution is 0.590. The number of anilines is 3. The lowest BCUT2D eigenvalue weighted by atomic mass is 9.44. The van der Waals surface area contributed by atoms with E-state index in [1.807, 2.05) is 11.3 Å². The number of fused-ring (bicyclic) bond motifs is 15. The van der Waals surface area contributed by atoms with Gasteiger partial charge in [0.1, 0.15) is 5.58 Å². The minimum Gasteiger partial charge on any atom is -0.454 e. The van der Waals surface area contributed by atoms with Gasteiger partial charge >= 0.3 is 6.85 Å². The highest BCUT2D eigenvalue weighted by molar-refractivity contribution is 7.26. The van der Waals surface area contributed by atoms with Gasteiger partial charge < -0.3 is 13.8 Å². The molecule has 0 bridgehead atoms. The molecule has 0 radical (unpaired) electrons. The molecule has 0 atom stereocenters. The summed E-state index contributed by atoms with van der Waals surface area (Å²) in [6.07, 6.45) is 0. The van der Waals surface area contributed by atoms with Crippen molar-refractivity contribution in [3.8, 4) is 22.3 Å². The van der Waals surface area contributed by atoms with Crippen LogP contribution in [0.3, 0.4) is 0 Å². The molecule has 2 aliphatic heterocycles. The van der Waals surface area contributed by atoms with Gasteiger partial charge in [-0.1, -0.05) is 124 Å². The third kappa shape index (κ3) is 4.12. The fourth-order valence-electron chi connectivity index (χ4n) is 10.3. The highest BCUT2D eigenvalue weighted by atomic mass is 32.1. The Morgan fingerprint density at radius 3 is 2.14 bits per heavy atom. The number of benzene rings is 8. The van der Waals surface area contributed by atoms with Crippen molar-refractivity contribution in [2.75, 3.05) is 4.90 Å². The van der Waals surface area contributed by atoms with Gasteiger partial charge in [-0.3, -0.25) is 0 Å². The second-order valence-corrected chi connectivity index (χ2v) is 17.9. The van der Waals surface area contributed by atoms with Crippen molar-refractivity contribution in [1.29, 1.82) is 0 Å². The summed E-state index contributed by atoms with van der Waals surface area (Å²) in [4.78, 5) is 2.61. The Balaban J connectivity index is 1.27. The predicted molar refractivity (Wildman–Crippen MR) is 244 cm³/mol. The van der Waals surface area contributed by atoms with E-state index < -0.39 is 0 Å². The number of hydrogen-bond acceptors (Lipinski definition) is 3. The number of nitrogens with zero attached hydrogens (tertiary/aromatic N) is 2. The number of furan rings is 1. The SMILES string of the molecule is CC(C)(C)c1ccc(N2c3cc4ccccc4c4c3B(c3c2ccc2sc5ccccc5c32)n2c3c-4cccc3c3oc4ccccc4c32)c(-c2ccccc2)c1. The van der Waals surface area contributed by atoms with Gasteiger partial charge in [0.15, 0.2) is 5.58 Å². The second-order valence-electron chi connectivity index (χ2n) is 16.8. The van der Waals surface area contributed by atoms with Gasteiger partial charge in [0.05, 0.1) is 11.2 Å². The molecule has 11 aromatic rings. The molecule has 0 saturated carbocycles. The normalized spacial score (nSPS) is 13.5. The van der Waals surface area contributed by atoms with Crippen LogP contribution in [0.4, 0.5) is 17.1 Å². The lowest BCUT2D eigenvalue weighted by Gasteiger charge is -2.42. The van der Waals surface area contributed by atoms with Crippen molar-refractivity contribution in [3.05, 3.63) is 163 Å². The van der Waals surface area contributed by atoms with Crippen LogP contribution < -0.4 is 15.8 Å². The summed E-state index contributed by atoms with van der Waals surface area (Å²) >= 11 is 1.90. The highest BCUT2D eigenvalue weighted by Crippen LogP contribution is 2.52. The Bertz CT molecular complexity index is 3530. The van der Waals surface area contributed by atoms with Crippen molar-refractivity contribution in [1.82, 2.24) is 4.48 Å². The van der Waals surface area contributed by atoms with Crippen LogP contribution in [0, 0.1) is 0 Å². The van der Waals surface area contributed by atoms with Crippen molar-refractivity contribution < 1.29 is 4.42 Å². The molecule has 0 spiro atoms. The van der Waals surface area contributed by atoms with E-state index in [0.717, 1.165) is 21.9 Å². The summed E-state index contributed by atoms with van der Waals surface area (Å²) in [5, 5.41) is 7.47. The van der Waals surface area contributed by atoms with Gasteiger partial charge in [-0.15, -0.1) is 11.3 Å². The van der Waals surface area contributed by atoms with Gasteiger partial charge in [-0.25, -0.2) is 0 Å². The van der Waals surface area contributed by atoms with E-state index in [-0.39, 0.29) is 12.3 Å². The summed E-state index contributed by atoms with van der Waals surface area (Å²) in [5.41, 5.74) is 16.9. The first-order valence-corrected chi connectivity index (χ1v) is 20.7. The molecule has 5 heterocycles. The Morgan fingerprint density at radius 1 is 0.544 bits per heavy atom. The highest BCUT2D eigenvalue weighted by Gasteiger charge is 2.46. The second kappa shape index (κ2) is 11.1. The molecule has 0 aliphatic carbocycles. The Kier molecular flexibility index (Phi) is 6.14. The Morgan fingerprint density at radius 2 is 1.28 bits per heavy atom. The summed E-state index contributed by atoms with van der Waals surface area (Å²) in [5.74, 6) is 0. The zero-order valence-corrected chi connectivity index (χ0v) is 32.6. The number of para-hydroxylation sites is 2. The van der Waals surface area contributed by atoms with Crippen LogP contribution in [0.15, 0.2) is 162 Å². The molecule has 13 rings (SSSR count). The minimum atomic E-state index is -0.113. The Labute approximate surface area is 334 Å². The zero-order chi connectivity index (χ0) is 37.7. The smallest absolute Gasteiger partial charge is 0.333 e. The molecule has 0 saturated heterocycles. The first-order valence-electron chi connectivity index (χ1n) is 19.9. The van der Waals surface area contributed by atoms with Gasteiger partial charge in [0, 0.05) is 48.2 Å². The Hall–Kier alpha value is -6.56. The molecule has 0 unspecified atom stereocenters. The molecule has 3 nitrogen and oxygen atoms in total. The predicted octanol–water partition coefficient (Wildman–Crippen LogP) is 13.4. The molecule has 5 heteroatoms. The van der Waals surface area contributed by atoms with E-state index >= 15 is 0 Å². The monoisotopic (exact) mass is 746 g/mol. The molecule has 3 aromatic heterocycles.